The highest BCUT2D eigenvalue weighted by molar-refractivity contribution is 5.48. The van der Waals surface area contributed by atoms with E-state index in [1.54, 1.807) is 6.07 Å². The summed E-state index contributed by atoms with van der Waals surface area (Å²) < 4.78 is 40.6. The smallest absolute Gasteiger partial charge is 0.366 e. The summed E-state index contributed by atoms with van der Waals surface area (Å²) >= 11 is 0. The Bertz CT molecular complexity index is 973. The van der Waals surface area contributed by atoms with E-state index in [-0.39, 0.29) is 0 Å². The van der Waals surface area contributed by atoms with Gasteiger partial charge in [0.1, 0.15) is 11.6 Å². The van der Waals surface area contributed by atoms with E-state index >= 15 is 0 Å². The van der Waals surface area contributed by atoms with Crippen LogP contribution in [0.3, 0.4) is 0 Å². The Morgan fingerprint density at radius 3 is 2.55 bits per heavy atom. The summed E-state index contributed by atoms with van der Waals surface area (Å²) in [4.78, 5) is 6.80. The van der Waals surface area contributed by atoms with Crippen LogP contribution in [-0.2, 0) is 12.7 Å². The minimum absolute atomic E-state index is 0.359. The number of nitrogens with one attached hydrogen (secondary N) is 1. The number of nitrogens with zero attached hydrogens (tertiary/aromatic N) is 4. The highest BCUT2D eigenvalue weighted by atomic mass is 19.4. The van der Waals surface area contributed by atoms with Crippen LogP contribution in [0.4, 0.5) is 24.8 Å². The molecular weight excluding hydrogens is 379 g/mol. The minimum Gasteiger partial charge on any atom is -0.366 e. The van der Waals surface area contributed by atoms with Gasteiger partial charge in [-0.15, -0.1) is 0 Å². The quantitative estimate of drug-likeness (QED) is 0.667. The van der Waals surface area contributed by atoms with E-state index in [1.807, 2.05) is 31.3 Å². The van der Waals surface area contributed by atoms with Gasteiger partial charge in [-0.2, -0.15) is 18.3 Å². The summed E-state index contributed by atoms with van der Waals surface area (Å²) in [5.41, 5.74) is 1.36. The number of benzene rings is 1. The van der Waals surface area contributed by atoms with Crippen LogP contribution in [0.2, 0.25) is 0 Å². The molecule has 152 valence electrons. The number of alkyl halides is 3. The van der Waals surface area contributed by atoms with Crippen molar-refractivity contribution < 1.29 is 13.2 Å². The second-order valence-electron chi connectivity index (χ2n) is 7.20. The Morgan fingerprint density at radius 2 is 1.86 bits per heavy atom. The van der Waals surface area contributed by atoms with Crippen LogP contribution in [0.25, 0.3) is 5.69 Å². The van der Waals surface area contributed by atoms with E-state index in [9.17, 15) is 13.2 Å². The van der Waals surface area contributed by atoms with Gasteiger partial charge in [-0.1, -0.05) is 12.1 Å². The number of aryl methyl sites for hydroxylation is 1. The molecule has 1 saturated heterocycles. The molecule has 8 heteroatoms. The summed E-state index contributed by atoms with van der Waals surface area (Å²) in [5.74, 6) is 1.61. The summed E-state index contributed by atoms with van der Waals surface area (Å²) in [6.45, 7) is 4.39. The van der Waals surface area contributed by atoms with Crippen molar-refractivity contribution in [1.82, 2.24) is 14.8 Å². The molecular formula is C21H22F3N5. The maximum Gasteiger partial charge on any atom is 0.416 e. The first-order valence-corrected chi connectivity index (χ1v) is 9.58. The molecule has 1 aliphatic heterocycles. The molecule has 0 radical (unpaired) electrons. The van der Waals surface area contributed by atoms with E-state index in [0.29, 0.717) is 23.7 Å². The van der Waals surface area contributed by atoms with Gasteiger partial charge in [0.05, 0.1) is 16.9 Å². The van der Waals surface area contributed by atoms with Crippen LogP contribution < -0.4 is 10.2 Å². The van der Waals surface area contributed by atoms with Crippen molar-refractivity contribution in [2.24, 2.45) is 0 Å². The van der Waals surface area contributed by atoms with Crippen molar-refractivity contribution >= 4 is 11.6 Å². The van der Waals surface area contributed by atoms with Crippen molar-refractivity contribution in [1.29, 1.82) is 0 Å². The van der Waals surface area contributed by atoms with Gasteiger partial charge in [0.15, 0.2) is 0 Å². The predicted octanol–water partition coefficient (Wildman–Crippen LogP) is 4.81. The first kappa shape index (κ1) is 19.3. The Labute approximate surface area is 167 Å². The number of hydrogen-bond donors (Lipinski definition) is 1. The predicted molar refractivity (Wildman–Crippen MR) is 106 cm³/mol. The van der Waals surface area contributed by atoms with Gasteiger partial charge < -0.3 is 10.2 Å². The molecule has 0 amide bonds. The zero-order chi connectivity index (χ0) is 20.4. The first-order chi connectivity index (χ1) is 13.9. The SMILES string of the molecule is Cc1cc(NCc2ccc(N3CCCC3)nc2)n(-c2cccc(C(F)(F)F)c2)n1. The molecule has 0 unspecified atom stereocenters. The van der Waals surface area contributed by atoms with Crippen LogP contribution in [0, 0.1) is 6.92 Å². The standard InChI is InChI=1S/C21H22F3N5/c1-15-11-20(29(27-15)18-6-4-5-17(12-18)21(22,23)24)26-14-16-7-8-19(25-13-16)28-9-2-3-10-28/h4-8,11-13,26H,2-3,9-10,14H2,1H3. The lowest BCUT2D eigenvalue weighted by molar-refractivity contribution is -0.137. The van der Waals surface area contributed by atoms with Gasteiger partial charge in [0, 0.05) is 31.9 Å². The number of pyridine rings is 1. The van der Waals surface area contributed by atoms with Gasteiger partial charge in [-0.05, 0) is 49.6 Å². The third kappa shape index (κ3) is 4.36. The Morgan fingerprint density at radius 1 is 1.07 bits per heavy atom. The molecule has 29 heavy (non-hydrogen) atoms. The fraction of sp³-hybridized carbons (Fsp3) is 0.333. The fourth-order valence-electron chi connectivity index (χ4n) is 3.48. The van der Waals surface area contributed by atoms with Crippen molar-refractivity contribution in [3.63, 3.8) is 0 Å². The maximum absolute atomic E-state index is 13.0. The van der Waals surface area contributed by atoms with Crippen LogP contribution >= 0.6 is 0 Å². The number of anilines is 2. The number of hydrogen-bond acceptors (Lipinski definition) is 4. The average molecular weight is 401 g/mol. The van der Waals surface area contributed by atoms with Gasteiger partial charge in [-0.3, -0.25) is 0 Å². The second kappa shape index (κ2) is 7.77. The fourth-order valence-corrected chi connectivity index (χ4v) is 3.48. The van der Waals surface area contributed by atoms with Crippen LogP contribution in [0.1, 0.15) is 29.7 Å². The molecule has 3 aromatic rings. The zero-order valence-corrected chi connectivity index (χ0v) is 16.1. The number of rotatable bonds is 5. The molecule has 0 aliphatic carbocycles. The van der Waals surface area contributed by atoms with Crippen molar-refractivity contribution in [2.75, 3.05) is 23.3 Å². The summed E-state index contributed by atoms with van der Waals surface area (Å²) in [5, 5.41) is 7.61. The molecule has 0 bridgehead atoms. The Hall–Kier alpha value is -3.03. The molecule has 5 nitrogen and oxygen atoms in total. The normalized spacial score (nSPS) is 14.4. The molecule has 4 rings (SSSR count). The van der Waals surface area contributed by atoms with Crippen LogP contribution in [-0.4, -0.2) is 27.9 Å². The monoisotopic (exact) mass is 401 g/mol. The van der Waals surface area contributed by atoms with Crippen molar-refractivity contribution in [3.05, 3.63) is 65.5 Å². The highest BCUT2D eigenvalue weighted by Gasteiger charge is 2.30. The van der Waals surface area contributed by atoms with E-state index in [4.69, 9.17) is 0 Å². The van der Waals surface area contributed by atoms with Crippen molar-refractivity contribution in [3.8, 4) is 5.69 Å². The van der Waals surface area contributed by atoms with Gasteiger partial charge in [0.2, 0.25) is 0 Å². The third-order valence-electron chi connectivity index (χ3n) is 4.96. The summed E-state index contributed by atoms with van der Waals surface area (Å²) in [6.07, 6.45) is -0.166. The van der Waals surface area contributed by atoms with Crippen LogP contribution in [0.5, 0.6) is 0 Å². The largest absolute Gasteiger partial charge is 0.416 e. The highest BCUT2D eigenvalue weighted by Crippen LogP contribution is 2.31. The minimum atomic E-state index is -4.39. The topological polar surface area (TPSA) is 46.0 Å². The van der Waals surface area contributed by atoms with Gasteiger partial charge in [-0.25, -0.2) is 9.67 Å². The lowest BCUT2D eigenvalue weighted by atomic mass is 10.2. The number of aromatic nitrogens is 3. The molecule has 0 spiro atoms. The molecule has 1 N–H and O–H groups in total. The van der Waals surface area contributed by atoms with Gasteiger partial charge in [0.25, 0.3) is 0 Å². The average Bonchev–Trinajstić information content (AvgIpc) is 3.36. The molecule has 2 aromatic heterocycles. The van der Waals surface area contributed by atoms with Gasteiger partial charge >= 0.3 is 6.18 Å². The molecule has 0 atom stereocenters. The lowest BCUT2D eigenvalue weighted by Crippen LogP contribution is -2.18. The third-order valence-corrected chi connectivity index (χ3v) is 4.96. The molecule has 1 aromatic carbocycles. The Kier molecular flexibility index (Phi) is 5.17. The maximum atomic E-state index is 13.0. The second-order valence-corrected chi connectivity index (χ2v) is 7.20. The van der Waals surface area contributed by atoms with E-state index in [1.165, 1.54) is 23.6 Å². The first-order valence-electron chi connectivity index (χ1n) is 9.58. The molecule has 1 fully saturated rings. The molecule has 0 saturated carbocycles. The van der Waals surface area contributed by atoms with E-state index < -0.39 is 11.7 Å². The van der Waals surface area contributed by atoms with Crippen LogP contribution in [0.15, 0.2) is 48.7 Å². The van der Waals surface area contributed by atoms with E-state index in [0.717, 1.165) is 36.6 Å². The zero-order valence-electron chi connectivity index (χ0n) is 16.1. The summed E-state index contributed by atoms with van der Waals surface area (Å²) in [6, 6.07) is 11.0. The van der Waals surface area contributed by atoms with Crippen molar-refractivity contribution in [2.45, 2.75) is 32.5 Å². The lowest BCUT2D eigenvalue weighted by Gasteiger charge is -2.16. The van der Waals surface area contributed by atoms with E-state index in [2.05, 4.69) is 20.3 Å². The number of halogens is 3. The molecule has 1 aliphatic rings. The summed E-state index contributed by atoms with van der Waals surface area (Å²) in [7, 11) is 0. The Balaban J connectivity index is 1.50. The molecule has 3 heterocycles.